The van der Waals surface area contributed by atoms with Gasteiger partial charge >= 0.3 is 0 Å². The van der Waals surface area contributed by atoms with Crippen molar-refractivity contribution in [1.29, 1.82) is 15.8 Å². The zero-order valence-corrected chi connectivity index (χ0v) is 23.7. The molecule has 6 heterocycles. The van der Waals surface area contributed by atoms with Crippen LogP contribution in [-0.4, -0.2) is 46.4 Å². The highest BCUT2D eigenvalue weighted by Crippen LogP contribution is 2.26. The van der Waals surface area contributed by atoms with E-state index in [0.29, 0.717) is 28.5 Å². The van der Waals surface area contributed by atoms with Gasteiger partial charge in [0.15, 0.2) is 56.9 Å². The first-order chi connectivity index (χ1) is 21.1. The third kappa shape index (κ3) is 4.54. The second-order valence-corrected chi connectivity index (χ2v) is 9.46. The highest BCUT2D eigenvalue weighted by atomic mass is 15.1. The Morgan fingerprint density at radius 2 is 0.750 bits per heavy atom. The lowest BCUT2D eigenvalue weighted by atomic mass is 10.2. The molecule has 0 aliphatic carbocycles. The van der Waals surface area contributed by atoms with Crippen LogP contribution in [0.15, 0.2) is 47.4 Å². The number of fused-ring (bicyclic) bond motifs is 2. The number of amidine groups is 1. The monoisotopic (exact) mass is 579 g/mol. The van der Waals surface area contributed by atoms with Crippen molar-refractivity contribution in [2.75, 3.05) is 0 Å². The van der Waals surface area contributed by atoms with Crippen LogP contribution in [0.3, 0.4) is 0 Å². The van der Waals surface area contributed by atoms with Crippen LogP contribution in [0.25, 0.3) is 16.7 Å². The summed E-state index contributed by atoms with van der Waals surface area (Å²) in [6.07, 6.45) is 0. The Labute approximate surface area is 247 Å². The van der Waals surface area contributed by atoms with E-state index in [0.717, 1.165) is 0 Å². The van der Waals surface area contributed by atoms with Crippen LogP contribution in [0.2, 0.25) is 0 Å². The number of hydrogen-bond acceptors (Lipinski definition) is 17. The molecule has 0 amide bonds. The highest BCUT2D eigenvalue weighted by molar-refractivity contribution is 6.41. The fourth-order valence-corrected chi connectivity index (χ4v) is 3.99. The third-order valence-electron chi connectivity index (χ3n) is 6.57. The molecular formula is C27H17N17. The summed E-state index contributed by atoms with van der Waals surface area (Å²) in [5.74, 6) is -0.790. The minimum Gasteiger partial charge on any atom is -0.382 e. The lowest BCUT2D eigenvalue weighted by Gasteiger charge is -2.07. The maximum Gasteiger partial charge on any atom is 0.200 e. The molecule has 0 saturated carbocycles. The average Bonchev–Trinajstić information content (AvgIpc) is 3.67. The van der Waals surface area contributed by atoms with Crippen LogP contribution in [0.5, 0.6) is 0 Å². The molecule has 0 unspecified atom stereocenters. The second kappa shape index (κ2) is 10.2. The number of aryl methyl sites for hydroxylation is 4. The van der Waals surface area contributed by atoms with Gasteiger partial charge < -0.3 is 5.73 Å². The fourth-order valence-electron chi connectivity index (χ4n) is 3.99. The molecule has 2 N–H and O–H groups in total. The average molecular weight is 580 g/mol. The van der Waals surface area contributed by atoms with Crippen LogP contribution < -0.4 is 27.7 Å². The van der Waals surface area contributed by atoms with Gasteiger partial charge in [-0.2, -0.15) is 15.8 Å². The predicted octanol–water partition coefficient (Wildman–Crippen LogP) is -1.00. The van der Waals surface area contributed by atoms with Gasteiger partial charge in [-0.25, -0.2) is 64.8 Å². The van der Waals surface area contributed by atoms with Gasteiger partial charge in [-0.05, 0) is 34.6 Å². The normalized spacial score (nSPS) is 15.2. The number of nitrogens with zero attached hydrogens (tertiary/aromatic N) is 16. The summed E-state index contributed by atoms with van der Waals surface area (Å²) in [5, 5.41) is 30.6. The van der Waals surface area contributed by atoms with Crippen molar-refractivity contribution in [2.45, 2.75) is 34.6 Å². The van der Waals surface area contributed by atoms with Gasteiger partial charge in [-0.15, -0.1) is 0 Å². The molecular weight excluding hydrogens is 562 g/mol. The molecule has 0 radical (unpaired) electrons. The van der Waals surface area contributed by atoms with Gasteiger partial charge in [0, 0.05) is 0 Å². The number of nitriles is 3. The predicted molar refractivity (Wildman–Crippen MR) is 150 cm³/mol. The molecule has 3 aromatic heterocycles. The molecule has 210 valence electrons. The van der Waals surface area contributed by atoms with Gasteiger partial charge in [0.25, 0.3) is 0 Å². The molecule has 17 nitrogen and oxygen atoms in total. The summed E-state index contributed by atoms with van der Waals surface area (Å²) in [6, 6.07) is 6.02. The van der Waals surface area contributed by atoms with E-state index in [1.807, 2.05) is 18.2 Å². The van der Waals surface area contributed by atoms with Crippen molar-refractivity contribution < 1.29 is 0 Å². The fraction of sp³-hybridized carbons (Fsp3) is 0.185. The summed E-state index contributed by atoms with van der Waals surface area (Å²) >= 11 is 0. The molecule has 6 rings (SSSR count). The first-order valence-corrected chi connectivity index (χ1v) is 12.8. The van der Waals surface area contributed by atoms with Gasteiger partial charge in [0.05, 0.1) is 28.5 Å². The Balaban J connectivity index is 1.64. The zero-order valence-electron chi connectivity index (χ0n) is 23.7. The Bertz CT molecular complexity index is 2180. The molecule has 0 aromatic carbocycles. The first kappa shape index (κ1) is 27.4. The number of nitrogens with two attached hydrogens (primary N) is 1. The zero-order chi connectivity index (χ0) is 31.3. The summed E-state index contributed by atoms with van der Waals surface area (Å²) < 4.78 is 0. The minimum atomic E-state index is -0.243. The maximum atomic E-state index is 10.2. The van der Waals surface area contributed by atoms with E-state index < -0.39 is 0 Å². The summed E-state index contributed by atoms with van der Waals surface area (Å²) in [7, 11) is 0. The number of allylic oxidation sites excluding steroid dienone is 3. The number of rotatable bonds is 3. The van der Waals surface area contributed by atoms with Crippen molar-refractivity contribution >= 4 is 28.3 Å². The van der Waals surface area contributed by atoms with Crippen molar-refractivity contribution in [1.82, 2.24) is 34.9 Å². The molecule has 0 fully saturated rings. The van der Waals surface area contributed by atoms with E-state index >= 15 is 0 Å². The van der Waals surface area contributed by atoms with Crippen LogP contribution >= 0.6 is 0 Å². The standard InChI is InChI=1S/C27H17N17/c1-9-10(2)33-25-24(32-9)41-22(42-25)15(7-29)20-38-19(14(6-28)18-36-13(5)17(31)37-18)39-21(40-20)16(8-30)23-43-26-27(44-23)35-12(4)11(3)34-26/h1-5H3,(H2,31,37)/b18-14-. The molecule has 3 aliphatic rings. The Hall–Kier alpha value is -6.80. The number of aromatic nitrogens is 7. The lowest BCUT2D eigenvalue weighted by molar-refractivity contribution is 0.947. The van der Waals surface area contributed by atoms with E-state index in [-0.39, 0.29) is 79.4 Å². The van der Waals surface area contributed by atoms with E-state index in [1.165, 1.54) is 0 Å². The van der Waals surface area contributed by atoms with Crippen LogP contribution in [0.4, 0.5) is 0 Å². The first-order valence-electron chi connectivity index (χ1n) is 12.8. The van der Waals surface area contributed by atoms with Crippen molar-refractivity contribution in [3.8, 4) is 18.2 Å². The van der Waals surface area contributed by atoms with Crippen molar-refractivity contribution in [3.05, 3.63) is 79.7 Å². The summed E-state index contributed by atoms with van der Waals surface area (Å²) in [6.45, 7) is 8.72. The molecule has 0 atom stereocenters. The van der Waals surface area contributed by atoms with Crippen LogP contribution in [-0.2, 0) is 0 Å². The topological polar surface area (TPSA) is 262 Å². The van der Waals surface area contributed by atoms with Gasteiger partial charge in [0.2, 0.25) is 0 Å². The van der Waals surface area contributed by atoms with Gasteiger partial charge in [0.1, 0.15) is 40.8 Å². The Morgan fingerprint density at radius 1 is 0.455 bits per heavy atom. The Morgan fingerprint density at radius 3 is 1.00 bits per heavy atom. The number of aliphatic imine (C=N–C) groups is 2. The minimum absolute atomic E-state index is 0.0492. The highest BCUT2D eigenvalue weighted by Gasteiger charge is 2.25. The summed E-state index contributed by atoms with van der Waals surface area (Å²) in [5.41, 5.74) is 9.17. The van der Waals surface area contributed by atoms with E-state index in [1.54, 1.807) is 34.6 Å². The molecule has 3 aliphatic heterocycles. The van der Waals surface area contributed by atoms with Crippen molar-refractivity contribution in [3.63, 3.8) is 0 Å². The molecule has 0 spiro atoms. The molecule has 0 bridgehead atoms. The van der Waals surface area contributed by atoms with Crippen LogP contribution in [0, 0.1) is 61.7 Å². The third-order valence-corrected chi connectivity index (χ3v) is 6.57. The van der Waals surface area contributed by atoms with E-state index in [4.69, 9.17) is 5.73 Å². The van der Waals surface area contributed by atoms with E-state index in [2.05, 4.69) is 64.8 Å². The van der Waals surface area contributed by atoms with Crippen LogP contribution in [0.1, 0.15) is 47.2 Å². The van der Waals surface area contributed by atoms with Gasteiger partial charge in [-0.3, -0.25) is 0 Å². The molecule has 3 aromatic rings. The van der Waals surface area contributed by atoms with Gasteiger partial charge in [-0.1, -0.05) is 0 Å². The van der Waals surface area contributed by atoms with E-state index in [9.17, 15) is 15.8 Å². The number of hydrogen-bond donors (Lipinski definition) is 1. The smallest absolute Gasteiger partial charge is 0.200 e. The molecule has 44 heavy (non-hydrogen) atoms. The maximum absolute atomic E-state index is 10.2. The lowest BCUT2D eigenvalue weighted by Crippen LogP contribution is -2.30. The second-order valence-electron chi connectivity index (χ2n) is 9.46. The quantitative estimate of drug-likeness (QED) is 0.368. The summed E-state index contributed by atoms with van der Waals surface area (Å²) in [4.78, 5) is 56.5. The van der Waals surface area contributed by atoms with Crippen molar-refractivity contribution in [2.24, 2.45) is 35.7 Å². The SMILES string of the molecule is CC1=N/C(=C(\C#N)c2nc(C(C#N)=C3N=c4nc(C)c(C)nc4=N3)nc(C(C#N)=C3N=c4nc(C)c(C)nc4=N3)n2)N=C1N. The Kier molecular flexibility index (Phi) is 6.37. The molecule has 0 saturated heterocycles. The molecule has 17 heteroatoms. The largest absolute Gasteiger partial charge is 0.382 e.